The molecule has 0 spiro atoms. The number of hydrogen-bond donors (Lipinski definition) is 1. The van der Waals surface area contributed by atoms with Crippen molar-refractivity contribution < 1.29 is 14.0 Å². The number of hydrogen-bond acceptors (Lipinski definition) is 2. The molecule has 1 saturated heterocycles. The quantitative estimate of drug-likeness (QED) is 0.900. The van der Waals surface area contributed by atoms with Gasteiger partial charge in [0.25, 0.3) is 5.91 Å². The molecular formula is C17H13Cl2FN2O2. The van der Waals surface area contributed by atoms with Crippen molar-refractivity contribution in [3.05, 3.63) is 63.9 Å². The minimum absolute atomic E-state index is 0.0337. The lowest BCUT2D eigenvalue weighted by Gasteiger charge is -2.17. The zero-order valence-corrected chi connectivity index (χ0v) is 13.9. The van der Waals surface area contributed by atoms with Crippen molar-refractivity contribution in [3.8, 4) is 0 Å². The number of halogens is 3. The lowest BCUT2D eigenvalue weighted by molar-refractivity contribution is -0.117. The molecule has 0 bridgehead atoms. The number of nitrogens with one attached hydrogen (secondary N) is 1. The van der Waals surface area contributed by atoms with E-state index in [1.165, 1.54) is 18.2 Å². The summed E-state index contributed by atoms with van der Waals surface area (Å²) in [7, 11) is 0. The van der Waals surface area contributed by atoms with Crippen molar-refractivity contribution in [2.45, 2.75) is 12.5 Å². The van der Waals surface area contributed by atoms with E-state index in [-0.39, 0.29) is 22.9 Å². The standard InChI is InChI=1S/C17H13Cl2FN2O2/c18-10-4-6-12(7-5-10)22-9-11(8-15(22)23)21-17(24)16-13(19)2-1-3-14(16)20/h1-7,11H,8-9H2,(H,21,24)/t11-/m0/s1. The minimum atomic E-state index is -0.695. The van der Waals surface area contributed by atoms with Crippen LogP contribution in [0.4, 0.5) is 10.1 Å². The third kappa shape index (κ3) is 3.37. The van der Waals surface area contributed by atoms with Crippen LogP contribution >= 0.6 is 23.2 Å². The van der Waals surface area contributed by atoms with Gasteiger partial charge in [-0.05, 0) is 36.4 Å². The maximum Gasteiger partial charge on any atom is 0.256 e. The topological polar surface area (TPSA) is 49.4 Å². The number of carbonyl (C=O) groups excluding carboxylic acids is 2. The monoisotopic (exact) mass is 366 g/mol. The van der Waals surface area contributed by atoms with Crippen LogP contribution in [0.25, 0.3) is 0 Å². The van der Waals surface area contributed by atoms with Crippen LogP contribution in [0.15, 0.2) is 42.5 Å². The van der Waals surface area contributed by atoms with Gasteiger partial charge in [0.15, 0.2) is 0 Å². The van der Waals surface area contributed by atoms with Gasteiger partial charge in [0, 0.05) is 23.7 Å². The van der Waals surface area contributed by atoms with Gasteiger partial charge in [-0.25, -0.2) is 4.39 Å². The van der Waals surface area contributed by atoms with Crippen molar-refractivity contribution in [1.29, 1.82) is 0 Å². The van der Waals surface area contributed by atoms with Gasteiger partial charge in [0.1, 0.15) is 5.82 Å². The molecule has 0 aliphatic carbocycles. The van der Waals surface area contributed by atoms with Gasteiger partial charge < -0.3 is 10.2 Å². The summed E-state index contributed by atoms with van der Waals surface area (Å²) in [5, 5.41) is 3.27. The van der Waals surface area contributed by atoms with Crippen molar-refractivity contribution >= 4 is 40.7 Å². The predicted octanol–water partition coefficient (Wildman–Crippen LogP) is 3.67. The molecule has 1 heterocycles. The molecule has 1 aliphatic rings. The Balaban J connectivity index is 1.72. The molecule has 1 N–H and O–H groups in total. The van der Waals surface area contributed by atoms with Crippen molar-refractivity contribution in [2.75, 3.05) is 11.4 Å². The van der Waals surface area contributed by atoms with Crippen LogP contribution in [0, 0.1) is 5.82 Å². The lowest BCUT2D eigenvalue weighted by Crippen LogP contribution is -2.37. The molecule has 2 amide bonds. The highest BCUT2D eigenvalue weighted by atomic mass is 35.5. The van der Waals surface area contributed by atoms with Gasteiger partial charge in [-0.2, -0.15) is 0 Å². The van der Waals surface area contributed by atoms with E-state index in [1.807, 2.05) is 0 Å². The number of benzene rings is 2. The Labute approximate surface area is 148 Å². The fraction of sp³-hybridized carbons (Fsp3) is 0.176. The first-order valence-electron chi connectivity index (χ1n) is 7.26. The average molecular weight is 367 g/mol. The van der Waals surface area contributed by atoms with Crippen LogP contribution in [0.5, 0.6) is 0 Å². The number of amides is 2. The molecule has 3 rings (SSSR count). The average Bonchev–Trinajstić information content (AvgIpc) is 2.88. The summed E-state index contributed by atoms with van der Waals surface area (Å²) in [5.41, 5.74) is 0.488. The molecular weight excluding hydrogens is 354 g/mol. The highest BCUT2D eigenvalue weighted by Crippen LogP contribution is 2.24. The number of nitrogens with zero attached hydrogens (tertiary/aromatic N) is 1. The second kappa shape index (κ2) is 6.79. The van der Waals surface area contributed by atoms with Crippen LogP contribution < -0.4 is 10.2 Å². The van der Waals surface area contributed by atoms with Crippen molar-refractivity contribution in [2.24, 2.45) is 0 Å². The Morgan fingerprint density at radius 1 is 1.17 bits per heavy atom. The zero-order chi connectivity index (χ0) is 17.3. The van der Waals surface area contributed by atoms with Gasteiger partial charge in [-0.1, -0.05) is 29.3 Å². The highest BCUT2D eigenvalue weighted by molar-refractivity contribution is 6.33. The Hall–Kier alpha value is -2.11. The van der Waals surface area contributed by atoms with Crippen LogP contribution in [0.3, 0.4) is 0 Å². The third-order valence-corrected chi connectivity index (χ3v) is 4.36. The molecule has 0 aromatic heterocycles. The van der Waals surface area contributed by atoms with Gasteiger partial charge in [0.05, 0.1) is 16.6 Å². The largest absolute Gasteiger partial charge is 0.347 e. The van der Waals surface area contributed by atoms with Crippen LogP contribution in [-0.2, 0) is 4.79 Å². The van der Waals surface area contributed by atoms with E-state index in [0.717, 1.165) is 0 Å². The zero-order valence-electron chi connectivity index (χ0n) is 12.4. The highest BCUT2D eigenvalue weighted by Gasteiger charge is 2.32. The molecule has 2 aromatic carbocycles. The Kier molecular flexibility index (Phi) is 4.73. The number of anilines is 1. The second-order valence-corrected chi connectivity index (χ2v) is 6.30. The molecule has 1 atom stereocenters. The summed E-state index contributed by atoms with van der Waals surface area (Å²) >= 11 is 11.7. The smallest absolute Gasteiger partial charge is 0.256 e. The summed E-state index contributed by atoms with van der Waals surface area (Å²) in [6, 6.07) is 10.5. The molecule has 0 radical (unpaired) electrons. The van der Waals surface area contributed by atoms with Crippen LogP contribution in [-0.4, -0.2) is 24.4 Å². The van der Waals surface area contributed by atoms with E-state index in [2.05, 4.69) is 5.32 Å². The summed E-state index contributed by atoms with van der Waals surface area (Å²) < 4.78 is 13.8. The van der Waals surface area contributed by atoms with E-state index in [1.54, 1.807) is 29.2 Å². The fourth-order valence-electron chi connectivity index (χ4n) is 2.65. The summed E-state index contributed by atoms with van der Waals surface area (Å²) in [6.07, 6.45) is 0.139. The molecule has 7 heteroatoms. The van der Waals surface area contributed by atoms with Crippen molar-refractivity contribution in [1.82, 2.24) is 5.32 Å². The first kappa shape index (κ1) is 16.7. The molecule has 24 heavy (non-hydrogen) atoms. The SMILES string of the molecule is O=C(N[C@H]1CC(=O)N(c2ccc(Cl)cc2)C1)c1c(F)cccc1Cl. The molecule has 0 saturated carbocycles. The molecule has 4 nitrogen and oxygen atoms in total. The van der Waals surface area contributed by atoms with E-state index in [0.29, 0.717) is 17.3 Å². The lowest BCUT2D eigenvalue weighted by atomic mass is 10.1. The van der Waals surface area contributed by atoms with E-state index >= 15 is 0 Å². The number of carbonyl (C=O) groups is 2. The maximum atomic E-state index is 13.8. The normalized spacial score (nSPS) is 17.2. The first-order chi connectivity index (χ1) is 11.5. The molecule has 2 aromatic rings. The van der Waals surface area contributed by atoms with Crippen LogP contribution in [0.2, 0.25) is 10.0 Å². The van der Waals surface area contributed by atoms with Crippen molar-refractivity contribution in [3.63, 3.8) is 0 Å². The number of rotatable bonds is 3. The van der Waals surface area contributed by atoms with Crippen LogP contribution in [0.1, 0.15) is 16.8 Å². The van der Waals surface area contributed by atoms with E-state index in [9.17, 15) is 14.0 Å². The fourth-order valence-corrected chi connectivity index (χ4v) is 3.02. The van der Waals surface area contributed by atoms with Gasteiger partial charge >= 0.3 is 0 Å². The summed E-state index contributed by atoms with van der Waals surface area (Å²) in [6.45, 7) is 0.304. The summed E-state index contributed by atoms with van der Waals surface area (Å²) in [5.74, 6) is -1.45. The third-order valence-electron chi connectivity index (χ3n) is 3.79. The second-order valence-electron chi connectivity index (χ2n) is 5.45. The maximum absolute atomic E-state index is 13.8. The first-order valence-corrected chi connectivity index (χ1v) is 8.02. The minimum Gasteiger partial charge on any atom is -0.347 e. The summed E-state index contributed by atoms with van der Waals surface area (Å²) in [4.78, 5) is 26.0. The van der Waals surface area contributed by atoms with E-state index in [4.69, 9.17) is 23.2 Å². The van der Waals surface area contributed by atoms with Gasteiger partial charge in [-0.15, -0.1) is 0 Å². The molecule has 124 valence electrons. The Morgan fingerprint density at radius 2 is 1.88 bits per heavy atom. The predicted molar refractivity (Wildman–Crippen MR) is 91.1 cm³/mol. The molecule has 1 aliphatic heterocycles. The molecule has 1 fully saturated rings. The van der Waals surface area contributed by atoms with Gasteiger partial charge in [-0.3, -0.25) is 9.59 Å². The van der Waals surface area contributed by atoms with E-state index < -0.39 is 17.8 Å². The Bertz CT molecular complexity index is 775. The molecule has 0 unspecified atom stereocenters. The Morgan fingerprint density at radius 3 is 2.54 bits per heavy atom. The van der Waals surface area contributed by atoms with Gasteiger partial charge in [0.2, 0.25) is 5.91 Å².